The number of unbranched alkanes of at least 4 members (excludes halogenated alkanes) is 2. The number of hydrogen-bond donors (Lipinski definition) is 2. The number of rotatable bonds is 6. The maximum atomic E-state index is 5.36. The lowest BCUT2D eigenvalue weighted by atomic mass is 10.2. The Kier molecular flexibility index (Phi) is 6.15. The second-order valence-corrected chi connectivity index (χ2v) is 3.64. The first-order valence-corrected chi connectivity index (χ1v) is 5.45. The van der Waals surface area contributed by atoms with E-state index in [1.54, 1.807) is 0 Å². The lowest BCUT2D eigenvalue weighted by Crippen LogP contribution is -2.47. The Hall–Kier alpha value is -0.120. The molecule has 1 rings (SSSR count). The molecule has 1 aliphatic heterocycles. The maximum Gasteiger partial charge on any atom is 0.0632 e. The first kappa shape index (κ1) is 11.0. The first-order chi connectivity index (χ1) is 6.43. The van der Waals surface area contributed by atoms with Crippen LogP contribution >= 0.6 is 0 Å². The summed E-state index contributed by atoms with van der Waals surface area (Å²) < 4.78 is 5.36. The van der Waals surface area contributed by atoms with Crippen molar-refractivity contribution < 1.29 is 4.74 Å². The van der Waals surface area contributed by atoms with E-state index in [0.29, 0.717) is 6.04 Å². The van der Waals surface area contributed by atoms with Crippen LogP contribution in [0, 0.1) is 0 Å². The van der Waals surface area contributed by atoms with Crippen LogP contribution in [0.5, 0.6) is 0 Å². The van der Waals surface area contributed by atoms with E-state index in [9.17, 15) is 0 Å². The Morgan fingerprint density at radius 2 is 2.38 bits per heavy atom. The van der Waals surface area contributed by atoms with Gasteiger partial charge in [-0.05, 0) is 13.0 Å². The fraction of sp³-hybridized carbons (Fsp3) is 1.00. The molecule has 1 atom stereocenters. The standard InChI is InChI=1S/C10H22N2O/c1-2-3-4-5-11-8-10-9-13-7-6-12-10/h10-12H,2-9H2,1H3. The fourth-order valence-electron chi connectivity index (χ4n) is 1.53. The van der Waals surface area contributed by atoms with Gasteiger partial charge in [0.2, 0.25) is 0 Å². The quantitative estimate of drug-likeness (QED) is 0.601. The van der Waals surface area contributed by atoms with Crippen LogP contribution in [-0.2, 0) is 4.74 Å². The Balaban J connectivity index is 1.86. The second-order valence-electron chi connectivity index (χ2n) is 3.64. The topological polar surface area (TPSA) is 33.3 Å². The molecule has 0 aliphatic carbocycles. The van der Waals surface area contributed by atoms with Gasteiger partial charge in [-0.1, -0.05) is 19.8 Å². The van der Waals surface area contributed by atoms with Crippen molar-refractivity contribution in [3.05, 3.63) is 0 Å². The molecule has 1 unspecified atom stereocenters. The highest BCUT2D eigenvalue weighted by molar-refractivity contribution is 4.72. The normalized spacial score (nSPS) is 23.3. The molecule has 3 heteroatoms. The van der Waals surface area contributed by atoms with Gasteiger partial charge in [-0.15, -0.1) is 0 Å². The van der Waals surface area contributed by atoms with E-state index < -0.39 is 0 Å². The van der Waals surface area contributed by atoms with E-state index in [0.717, 1.165) is 32.8 Å². The third-order valence-corrected chi connectivity index (χ3v) is 2.35. The van der Waals surface area contributed by atoms with E-state index in [1.165, 1.54) is 19.3 Å². The number of ether oxygens (including phenoxy) is 1. The third kappa shape index (κ3) is 5.24. The van der Waals surface area contributed by atoms with Crippen LogP contribution < -0.4 is 10.6 Å². The van der Waals surface area contributed by atoms with Crippen LogP contribution in [-0.4, -0.2) is 38.9 Å². The van der Waals surface area contributed by atoms with Crippen LogP contribution in [0.1, 0.15) is 26.2 Å². The molecule has 0 aromatic carbocycles. The molecule has 3 nitrogen and oxygen atoms in total. The molecule has 13 heavy (non-hydrogen) atoms. The van der Waals surface area contributed by atoms with Gasteiger partial charge in [-0.3, -0.25) is 0 Å². The summed E-state index contributed by atoms with van der Waals surface area (Å²) in [6.45, 7) is 7.15. The van der Waals surface area contributed by atoms with Gasteiger partial charge in [0.1, 0.15) is 0 Å². The van der Waals surface area contributed by atoms with Gasteiger partial charge in [-0.2, -0.15) is 0 Å². The molecule has 0 aromatic rings. The molecule has 78 valence electrons. The molecule has 2 N–H and O–H groups in total. The highest BCUT2D eigenvalue weighted by atomic mass is 16.5. The Labute approximate surface area is 81.2 Å². The highest BCUT2D eigenvalue weighted by Gasteiger charge is 2.11. The summed E-state index contributed by atoms with van der Waals surface area (Å²) in [7, 11) is 0. The minimum Gasteiger partial charge on any atom is -0.378 e. The molecule has 0 aromatic heterocycles. The van der Waals surface area contributed by atoms with Crippen molar-refractivity contribution in [3.63, 3.8) is 0 Å². The van der Waals surface area contributed by atoms with Crippen molar-refractivity contribution in [3.8, 4) is 0 Å². The molecule has 1 aliphatic rings. The van der Waals surface area contributed by atoms with Gasteiger partial charge in [-0.25, -0.2) is 0 Å². The van der Waals surface area contributed by atoms with Crippen LogP contribution in [0.3, 0.4) is 0 Å². The van der Waals surface area contributed by atoms with Crippen molar-refractivity contribution in [1.29, 1.82) is 0 Å². The molecule has 1 heterocycles. The lowest BCUT2D eigenvalue weighted by molar-refractivity contribution is 0.0768. The molecular weight excluding hydrogens is 164 g/mol. The van der Waals surface area contributed by atoms with Crippen LogP contribution in [0.15, 0.2) is 0 Å². The largest absolute Gasteiger partial charge is 0.378 e. The summed E-state index contributed by atoms with van der Waals surface area (Å²) in [4.78, 5) is 0. The first-order valence-electron chi connectivity index (χ1n) is 5.45. The SMILES string of the molecule is CCCCCNCC1COCCN1. The summed E-state index contributed by atoms with van der Waals surface area (Å²) in [6.07, 6.45) is 3.93. The van der Waals surface area contributed by atoms with Crippen molar-refractivity contribution in [1.82, 2.24) is 10.6 Å². The fourth-order valence-corrected chi connectivity index (χ4v) is 1.53. The molecule has 0 amide bonds. The van der Waals surface area contributed by atoms with E-state index in [-0.39, 0.29) is 0 Å². The van der Waals surface area contributed by atoms with Gasteiger partial charge >= 0.3 is 0 Å². The molecule has 0 radical (unpaired) electrons. The lowest BCUT2D eigenvalue weighted by Gasteiger charge is -2.23. The molecule has 0 bridgehead atoms. The van der Waals surface area contributed by atoms with Gasteiger partial charge in [0.05, 0.1) is 13.2 Å². The predicted octanol–water partition coefficient (Wildman–Crippen LogP) is 0.755. The van der Waals surface area contributed by atoms with E-state index in [4.69, 9.17) is 4.74 Å². The summed E-state index contributed by atoms with van der Waals surface area (Å²) in [6, 6.07) is 0.523. The van der Waals surface area contributed by atoms with Crippen LogP contribution in [0.4, 0.5) is 0 Å². The van der Waals surface area contributed by atoms with Crippen molar-refractivity contribution >= 4 is 0 Å². The van der Waals surface area contributed by atoms with Crippen molar-refractivity contribution in [2.75, 3.05) is 32.8 Å². The Morgan fingerprint density at radius 3 is 3.08 bits per heavy atom. The van der Waals surface area contributed by atoms with Crippen LogP contribution in [0.25, 0.3) is 0 Å². The zero-order valence-corrected chi connectivity index (χ0v) is 8.64. The van der Waals surface area contributed by atoms with Crippen molar-refractivity contribution in [2.45, 2.75) is 32.2 Å². The number of nitrogens with one attached hydrogen (secondary N) is 2. The van der Waals surface area contributed by atoms with Gasteiger partial charge in [0, 0.05) is 19.1 Å². The summed E-state index contributed by atoms with van der Waals surface area (Å²) in [5, 5.41) is 6.87. The molecule has 0 spiro atoms. The Bertz CT molecular complexity index is 113. The zero-order chi connectivity index (χ0) is 9.36. The molecular formula is C10H22N2O. The van der Waals surface area contributed by atoms with E-state index >= 15 is 0 Å². The smallest absolute Gasteiger partial charge is 0.0632 e. The number of hydrogen-bond acceptors (Lipinski definition) is 3. The average molecular weight is 186 g/mol. The summed E-state index contributed by atoms with van der Waals surface area (Å²) >= 11 is 0. The van der Waals surface area contributed by atoms with Crippen molar-refractivity contribution in [2.24, 2.45) is 0 Å². The van der Waals surface area contributed by atoms with E-state index in [1.807, 2.05) is 0 Å². The summed E-state index contributed by atoms with van der Waals surface area (Å²) in [5.74, 6) is 0. The molecule has 1 fully saturated rings. The highest BCUT2D eigenvalue weighted by Crippen LogP contribution is 1.93. The molecule has 1 saturated heterocycles. The second kappa shape index (κ2) is 7.30. The van der Waals surface area contributed by atoms with E-state index in [2.05, 4.69) is 17.6 Å². The van der Waals surface area contributed by atoms with Crippen LogP contribution in [0.2, 0.25) is 0 Å². The van der Waals surface area contributed by atoms with Gasteiger partial charge in [0.15, 0.2) is 0 Å². The predicted molar refractivity (Wildman–Crippen MR) is 55.0 cm³/mol. The number of morpholine rings is 1. The molecule has 0 saturated carbocycles. The third-order valence-electron chi connectivity index (χ3n) is 2.35. The summed E-state index contributed by atoms with van der Waals surface area (Å²) in [5.41, 5.74) is 0. The maximum absolute atomic E-state index is 5.36. The minimum atomic E-state index is 0.523. The van der Waals surface area contributed by atoms with Gasteiger partial charge in [0.25, 0.3) is 0 Å². The monoisotopic (exact) mass is 186 g/mol. The average Bonchev–Trinajstić information content (AvgIpc) is 2.19. The van der Waals surface area contributed by atoms with Gasteiger partial charge < -0.3 is 15.4 Å². The Morgan fingerprint density at radius 1 is 1.46 bits per heavy atom. The zero-order valence-electron chi connectivity index (χ0n) is 8.64. The minimum absolute atomic E-state index is 0.523.